The molecule has 0 spiro atoms. The zero-order chi connectivity index (χ0) is 7.84. The first kappa shape index (κ1) is 6.70. The monoisotopic (exact) mass is 154 g/mol. The smallest absolute Gasteiger partial charge is 0.449 e. The van der Waals surface area contributed by atoms with Gasteiger partial charge in [-0.3, -0.25) is 0 Å². The van der Waals surface area contributed by atoms with Crippen LogP contribution in [0.4, 0.5) is 4.79 Å². The highest BCUT2D eigenvalue weighted by Gasteiger charge is 2.34. The van der Waals surface area contributed by atoms with Gasteiger partial charge >= 0.3 is 6.16 Å². The summed E-state index contributed by atoms with van der Waals surface area (Å²) in [6.45, 7) is 0. The molecule has 60 valence electrons. The number of allylic oxidation sites excluding steroid dienone is 2. The van der Waals surface area contributed by atoms with E-state index in [1.807, 2.05) is 6.08 Å². The number of rotatable bonds is 1. The summed E-state index contributed by atoms with van der Waals surface area (Å²) < 4.78 is 4.62. The van der Waals surface area contributed by atoms with E-state index in [1.54, 1.807) is 0 Å². The Bertz CT molecular complexity index is 219. The minimum atomic E-state index is -1.18. The standard InChI is InChI=1S/C8H10O3/c9-8(10)11-7-4-5-1-2-6(7)3-5/h4-6H,1-3H2,(H,9,10)/t5-,6+/m0/s1. The van der Waals surface area contributed by atoms with E-state index in [2.05, 4.69) is 4.74 Å². The molecule has 3 heteroatoms. The Balaban J connectivity index is 2.05. The molecule has 0 aromatic heterocycles. The van der Waals surface area contributed by atoms with Gasteiger partial charge in [0.25, 0.3) is 0 Å². The highest BCUT2D eigenvalue weighted by atomic mass is 16.7. The third-order valence-corrected chi connectivity index (χ3v) is 2.48. The fraction of sp³-hybridized carbons (Fsp3) is 0.625. The SMILES string of the molecule is O=C(O)OC1=C[C@H]2CC[C@@H]1C2. The molecule has 0 aromatic rings. The van der Waals surface area contributed by atoms with Gasteiger partial charge in [0.2, 0.25) is 0 Å². The number of ether oxygens (including phenoxy) is 1. The van der Waals surface area contributed by atoms with Gasteiger partial charge in [-0.2, -0.15) is 0 Å². The first-order valence-electron chi connectivity index (χ1n) is 3.88. The second kappa shape index (κ2) is 2.26. The maximum absolute atomic E-state index is 10.2. The molecule has 1 fully saturated rings. The van der Waals surface area contributed by atoms with Gasteiger partial charge in [-0.05, 0) is 31.3 Å². The molecular formula is C8H10O3. The second-order valence-corrected chi connectivity index (χ2v) is 3.21. The van der Waals surface area contributed by atoms with Crippen LogP contribution in [0.5, 0.6) is 0 Å². The Morgan fingerprint density at radius 3 is 2.91 bits per heavy atom. The average molecular weight is 154 g/mol. The van der Waals surface area contributed by atoms with Crippen LogP contribution < -0.4 is 0 Å². The topological polar surface area (TPSA) is 46.5 Å². The second-order valence-electron chi connectivity index (χ2n) is 3.21. The number of hydrogen-bond donors (Lipinski definition) is 1. The Hall–Kier alpha value is -0.990. The molecule has 0 unspecified atom stereocenters. The molecule has 11 heavy (non-hydrogen) atoms. The largest absolute Gasteiger partial charge is 0.511 e. The van der Waals surface area contributed by atoms with Crippen LogP contribution in [0, 0.1) is 11.8 Å². The van der Waals surface area contributed by atoms with Crippen LogP contribution in [-0.2, 0) is 4.74 Å². The van der Waals surface area contributed by atoms with Gasteiger partial charge in [-0.25, -0.2) is 4.79 Å². The number of hydrogen-bond acceptors (Lipinski definition) is 2. The average Bonchev–Trinajstić information content (AvgIpc) is 2.45. The van der Waals surface area contributed by atoms with Crippen LogP contribution in [0.3, 0.4) is 0 Å². The molecule has 2 aliphatic carbocycles. The predicted molar refractivity (Wildman–Crippen MR) is 38.0 cm³/mol. The van der Waals surface area contributed by atoms with Crippen LogP contribution in [0.1, 0.15) is 19.3 Å². The van der Waals surface area contributed by atoms with Crippen molar-refractivity contribution < 1.29 is 14.6 Å². The third kappa shape index (κ3) is 1.11. The van der Waals surface area contributed by atoms with Crippen LogP contribution in [0.15, 0.2) is 11.8 Å². The van der Waals surface area contributed by atoms with Crippen LogP contribution in [-0.4, -0.2) is 11.3 Å². The highest BCUT2D eigenvalue weighted by Crippen LogP contribution is 2.43. The Morgan fingerprint density at radius 2 is 2.45 bits per heavy atom. The molecule has 0 aromatic carbocycles. The van der Waals surface area contributed by atoms with Gasteiger partial charge in [0.1, 0.15) is 5.76 Å². The highest BCUT2D eigenvalue weighted by molar-refractivity contribution is 5.58. The van der Waals surface area contributed by atoms with Gasteiger partial charge in [-0.1, -0.05) is 0 Å². The molecule has 0 amide bonds. The van der Waals surface area contributed by atoms with E-state index in [-0.39, 0.29) is 0 Å². The quantitative estimate of drug-likeness (QED) is 0.587. The zero-order valence-corrected chi connectivity index (χ0v) is 6.12. The first-order valence-corrected chi connectivity index (χ1v) is 3.88. The van der Waals surface area contributed by atoms with Crippen LogP contribution >= 0.6 is 0 Å². The van der Waals surface area contributed by atoms with E-state index in [0.29, 0.717) is 17.6 Å². The van der Waals surface area contributed by atoms with Crippen molar-refractivity contribution >= 4 is 6.16 Å². The molecule has 0 aliphatic heterocycles. The Kier molecular flexibility index (Phi) is 1.37. The zero-order valence-electron chi connectivity index (χ0n) is 6.12. The summed E-state index contributed by atoms with van der Waals surface area (Å²) in [5, 5.41) is 8.34. The predicted octanol–water partition coefficient (Wildman–Crippen LogP) is 1.99. The van der Waals surface area contributed by atoms with E-state index < -0.39 is 6.16 Å². The van der Waals surface area contributed by atoms with E-state index in [9.17, 15) is 4.79 Å². The van der Waals surface area contributed by atoms with Crippen molar-refractivity contribution in [3.05, 3.63) is 11.8 Å². The van der Waals surface area contributed by atoms with Crippen LogP contribution in [0.2, 0.25) is 0 Å². The summed E-state index contributed by atoms with van der Waals surface area (Å²) in [6, 6.07) is 0. The molecule has 1 N–H and O–H groups in total. The maximum atomic E-state index is 10.2. The fourth-order valence-corrected chi connectivity index (χ4v) is 2.01. The molecule has 3 nitrogen and oxygen atoms in total. The Morgan fingerprint density at radius 1 is 1.64 bits per heavy atom. The van der Waals surface area contributed by atoms with E-state index in [0.717, 1.165) is 12.8 Å². The summed E-state index contributed by atoms with van der Waals surface area (Å²) in [4.78, 5) is 10.2. The van der Waals surface area contributed by atoms with Crippen molar-refractivity contribution in [1.82, 2.24) is 0 Å². The first-order chi connectivity index (χ1) is 5.25. The molecule has 0 saturated heterocycles. The van der Waals surface area contributed by atoms with Gasteiger partial charge in [-0.15, -0.1) is 0 Å². The van der Waals surface area contributed by atoms with Crippen molar-refractivity contribution in [2.45, 2.75) is 19.3 Å². The summed E-state index contributed by atoms with van der Waals surface area (Å²) in [7, 11) is 0. The lowest BCUT2D eigenvalue weighted by Gasteiger charge is -2.10. The van der Waals surface area contributed by atoms with Gasteiger partial charge in [0, 0.05) is 5.92 Å². The molecule has 1 saturated carbocycles. The normalized spacial score (nSPS) is 33.6. The van der Waals surface area contributed by atoms with Crippen molar-refractivity contribution in [2.75, 3.05) is 0 Å². The number of carbonyl (C=O) groups is 1. The van der Waals surface area contributed by atoms with Crippen molar-refractivity contribution in [3.63, 3.8) is 0 Å². The fourth-order valence-electron chi connectivity index (χ4n) is 2.01. The summed E-state index contributed by atoms with van der Waals surface area (Å²) in [5.41, 5.74) is 0. The molecular weight excluding hydrogens is 144 g/mol. The summed E-state index contributed by atoms with van der Waals surface area (Å²) in [6.07, 6.45) is 4.19. The van der Waals surface area contributed by atoms with E-state index in [1.165, 1.54) is 6.42 Å². The summed E-state index contributed by atoms with van der Waals surface area (Å²) in [5.74, 6) is 1.68. The van der Waals surface area contributed by atoms with Crippen molar-refractivity contribution in [1.29, 1.82) is 0 Å². The van der Waals surface area contributed by atoms with Gasteiger partial charge < -0.3 is 9.84 Å². The van der Waals surface area contributed by atoms with Gasteiger partial charge in [0.15, 0.2) is 0 Å². The lowest BCUT2D eigenvalue weighted by molar-refractivity contribution is 0.110. The molecule has 2 rings (SSSR count). The third-order valence-electron chi connectivity index (χ3n) is 2.48. The maximum Gasteiger partial charge on any atom is 0.511 e. The molecule has 2 aliphatic rings. The minimum absolute atomic E-state index is 0.399. The number of carboxylic acid groups (broad SMARTS) is 1. The molecule has 2 atom stereocenters. The summed E-state index contributed by atoms with van der Waals surface area (Å²) >= 11 is 0. The minimum Gasteiger partial charge on any atom is -0.449 e. The lowest BCUT2D eigenvalue weighted by atomic mass is 10.1. The Labute approximate surface area is 64.7 Å². The molecule has 0 radical (unpaired) electrons. The van der Waals surface area contributed by atoms with Gasteiger partial charge in [0.05, 0.1) is 0 Å². The van der Waals surface area contributed by atoms with Crippen molar-refractivity contribution in [2.24, 2.45) is 11.8 Å². The van der Waals surface area contributed by atoms with Crippen LogP contribution in [0.25, 0.3) is 0 Å². The van der Waals surface area contributed by atoms with E-state index >= 15 is 0 Å². The van der Waals surface area contributed by atoms with E-state index in [4.69, 9.17) is 5.11 Å². The molecule has 0 heterocycles. The lowest BCUT2D eigenvalue weighted by Crippen LogP contribution is -2.06. The van der Waals surface area contributed by atoms with Crippen molar-refractivity contribution in [3.8, 4) is 0 Å². The number of fused-ring (bicyclic) bond motifs is 2. The molecule has 2 bridgehead atoms.